The maximum Gasteiger partial charge on any atom is 0.473 e. The van der Waals surface area contributed by atoms with Crippen LogP contribution in [0.1, 0.15) is 12.5 Å². The van der Waals surface area contributed by atoms with Crippen LogP contribution in [-0.4, -0.2) is 23.3 Å². The van der Waals surface area contributed by atoms with Crippen molar-refractivity contribution in [2.75, 3.05) is 12.0 Å². The molecule has 0 aliphatic heterocycles. The first-order chi connectivity index (χ1) is 8.56. The van der Waals surface area contributed by atoms with Crippen LogP contribution in [0.15, 0.2) is 29.4 Å². The molecule has 1 aromatic rings. The van der Waals surface area contributed by atoms with Gasteiger partial charge in [-0.25, -0.2) is 4.79 Å². The van der Waals surface area contributed by atoms with E-state index < -0.39 is 16.7 Å². The SMILES string of the molecule is CCOC(=O)/C(=N\Nc1ccccc1C)[N+](=O)[O-]. The molecule has 1 rings (SSSR count). The first-order valence-electron chi connectivity index (χ1n) is 5.27. The van der Waals surface area contributed by atoms with Gasteiger partial charge in [-0.1, -0.05) is 18.2 Å². The van der Waals surface area contributed by atoms with E-state index in [2.05, 4.69) is 15.3 Å². The Kier molecular flexibility index (Phi) is 4.79. The van der Waals surface area contributed by atoms with Gasteiger partial charge in [-0.15, -0.1) is 0 Å². The van der Waals surface area contributed by atoms with E-state index in [1.54, 1.807) is 19.1 Å². The van der Waals surface area contributed by atoms with E-state index >= 15 is 0 Å². The minimum Gasteiger partial charge on any atom is -0.457 e. The molecule has 7 heteroatoms. The van der Waals surface area contributed by atoms with E-state index in [0.717, 1.165) is 5.56 Å². The summed E-state index contributed by atoms with van der Waals surface area (Å²) in [5.41, 5.74) is 3.92. The highest BCUT2D eigenvalue weighted by Gasteiger charge is 2.26. The Morgan fingerprint density at radius 1 is 1.50 bits per heavy atom. The summed E-state index contributed by atoms with van der Waals surface area (Å²) in [6.07, 6.45) is 0. The molecule has 0 amide bonds. The largest absolute Gasteiger partial charge is 0.473 e. The molecule has 96 valence electrons. The number of nitro groups is 1. The standard InChI is InChI=1S/C11H13N3O4/c1-3-18-11(15)10(14(16)17)13-12-9-7-5-4-6-8(9)2/h4-7,12H,3H2,1-2H3/b13-10+. The second-order valence-corrected chi connectivity index (χ2v) is 3.34. The van der Waals surface area contributed by atoms with Crippen LogP contribution in [0.2, 0.25) is 0 Å². The number of rotatable bonds is 3. The zero-order valence-corrected chi connectivity index (χ0v) is 10.0. The third-order valence-corrected chi connectivity index (χ3v) is 2.06. The zero-order valence-electron chi connectivity index (χ0n) is 10.0. The summed E-state index contributed by atoms with van der Waals surface area (Å²) >= 11 is 0. The van der Waals surface area contributed by atoms with Crippen molar-refractivity contribution < 1.29 is 14.5 Å². The van der Waals surface area contributed by atoms with Crippen molar-refractivity contribution in [3.05, 3.63) is 39.9 Å². The maximum atomic E-state index is 11.3. The quantitative estimate of drug-likeness (QED) is 0.289. The Bertz CT molecular complexity index is 485. The van der Waals surface area contributed by atoms with Crippen molar-refractivity contribution >= 4 is 17.5 Å². The molecule has 0 saturated heterocycles. The van der Waals surface area contributed by atoms with Crippen LogP contribution in [0.3, 0.4) is 0 Å². The molecule has 0 saturated carbocycles. The second kappa shape index (κ2) is 6.33. The third kappa shape index (κ3) is 3.55. The van der Waals surface area contributed by atoms with E-state index in [0.29, 0.717) is 5.69 Å². The Morgan fingerprint density at radius 2 is 2.17 bits per heavy atom. The first kappa shape index (κ1) is 13.6. The number of benzene rings is 1. The van der Waals surface area contributed by atoms with Gasteiger partial charge in [0.15, 0.2) is 0 Å². The number of hydrazone groups is 1. The smallest absolute Gasteiger partial charge is 0.457 e. The molecule has 7 nitrogen and oxygen atoms in total. The van der Waals surface area contributed by atoms with Gasteiger partial charge in [0.05, 0.1) is 17.4 Å². The van der Waals surface area contributed by atoms with E-state index in [1.165, 1.54) is 0 Å². The number of esters is 1. The van der Waals surface area contributed by atoms with Gasteiger partial charge < -0.3 is 14.9 Å². The van der Waals surface area contributed by atoms with Gasteiger partial charge in [-0.2, -0.15) is 5.43 Å². The van der Waals surface area contributed by atoms with Crippen LogP contribution in [0.25, 0.3) is 0 Å². The predicted octanol–water partition coefficient (Wildman–Crippen LogP) is 1.56. The second-order valence-electron chi connectivity index (χ2n) is 3.34. The summed E-state index contributed by atoms with van der Waals surface area (Å²) in [6.45, 7) is 3.42. The summed E-state index contributed by atoms with van der Waals surface area (Å²) in [4.78, 5) is 21.0. The minimum atomic E-state index is -1.07. The van der Waals surface area contributed by atoms with Gasteiger partial charge in [0, 0.05) is 0 Å². The van der Waals surface area contributed by atoms with Crippen LogP contribution in [0, 0.1) is 17.0 Å². The van der Waals surface area contributed by atoms with E-state index in [4.69, 9.17) is 0 Å². The number of carbonyl (C=O) groups is 1. The molecule has 0 atom stereocenters. The number of nitrogens with zero attached hydrogens (tertiary/aromatic N) is 2. The Labute approximate surface area is 104 Å². The average molecular weight is 251 g/mol. The van der Waals surface area contributed by atoms with E-state index in [-0.39, 0.29) is 6.61 Å². The Hall–Kier alpha value is -2.44. The number of hydrogen-bond acceptors (Lipinski definition) is 6. The molecule has 0 heterocycles. The van der Waals surface area contributed by atoms with E-state index in [1.807, 2.05) is 19.1 Å². The Balaban J connectivity index is 2.88. The summed E-state index contributed by atoms with van der Waals surface area (Å²) in [6, 6.07) is 7.08. The van der Waals surface area contributed by atoms with Crippen molar-refractivity contribution in [1.29, 1.82) is 0 Å². The monoisotopic (exact) mass is 251 g/mol. The number of carbonyl (C=O) groups excluding carboxylic acids is 1. The van der Waals surface area contributed by atoms with E-state index in [9.17, 15) is 14.9 Å². The highest BCUT2D eigenvalue weighted by atomic mass is 16.6. The molecule has 0 aromatic heterocycles. The number of anilines is 1. The van der Waals surface area contributed by atoms with Gasteiger partial charge in [-0.3, -0.25) is 0 Å². The number of nitrogens with one attached hydrogen (secondary N) is 1. The van der Waals surface area contributed by atoms with Crippen LogP contribution in [0.4, 0.5) is 5.69 Å². The lowest BCUT2D eigenvalue weighted by atomic mass is 10.2. The molecule has 1 N–H and O–H groups in total. The van der Waals surface area contributed by atoms with Crippen molar-refractivity contribution in [3.8, 4) is 0 Å². The van der Waals surface area contributed by atoms with Gasteiger partial charge in [-0.05, 0) is 30.4 Å². The van der Waals surface area contributed by atoms with Gasteiger partial charge >= 0.3 is 11.8 Å². The van der Waals surface area contributed by atoms with Gasteiger partial charge in [0.25, 0.3) is 0 Å². The highest BCUT2D eigenvalue weighted by molar-refractivity contribution is 6.31. The van der Waals surface area contributed by atoms with Crippen LogP contribution < -0.4 is 5.43 Å². The fourth-order valence-electron chi connectivity index (χ4n) is 1.17. The zero-order chi connectivity index (χ0) is 13.5. The summed E-state index contributed by atoms with van der Waals surface area (Å²) in [5, 5.41) is 14.1. The minimum absolute atomic E-state index is 0.0516. The predicted molar refractivity (Wildman–Crippen MR) is 65.9 cm³/mol. The van der Waals surface area contributed by atoms with Crippen LogP contribution in [0.5, 0.6) is 0 Å². The Morgan fingerprint density at radius 3 is 2.72 bits per heavy atom. The van der Waals surface area contributed by atoms with Crippen molar-refractivity contribution in [2.24, 2.45) is 5.10 Å². The summed E-state index contributed by atoms with van der Waals surface area (Å²) < 4.78 is 4.53. The molecular weight excluding hydrogens is 238 g/mol. The summed E-state index contributed by atoms with van der Waals surface area (Å²) in [7, 11) is 0. The fourth-order valence-corrected chi connectivity index (χ4v) is 1.17. The lowest BCUT2D eigenvalue weighted by Crippen LogP contribution is -2.26. The molecule has 0 bridgehead atoms. The molecule has 0 aliphatic carbocycles. The number of aryl methyl sites for hydroxylation is 1. The lowest BCUT2D eigenvalue weighted by molar-refractivity contribution is -0.350. The molecule has 18 heavy (non-hydrogen) atoms. The van der Waals surface area contributed by atoms with Crippen molar-refractivity contribution in [3.63, 3.8) is 0 Å². The van der Waals surface area contributed by atoms with Crippen molar-refractivity contribution in [1.82, 2.24) is 0 Å². The fraction of sp³-hybridized carbons (Fsp3) is 0.273. The molecule has 0 radical (unpaired) electrons. The number of ether oxygens (including phenoxy) is 1. The van der Waals surface area contributed by atoms with Crippen LogP contribution >= 0.6 is 0 Å². The number of amidine groups is 1. The molecular formula is C11H13N3O4. The van der Waals surface area contributed by atoms with Crippen molar-refractivity contribution in [2.45, 2.75) is 13.8 Å². The lowest BCUT2D eigenvalue weighted by Gasteiger charge is -2.01. The molecule has 0 fully saturated rings. The maximum absolute atomic E-state index is 11.3. The normalized spacial score (nSPS) is 10.9. The molecule has 0 unspecified atom stereocenters. The molecule has 1 aromatic carbocycles. The number of hydrogen-bond donors (Lipinski definition) is 1. The van der Waals surface area contributed by atoms with Gasteiger partial charge in [0.1, 0.15) is 0 Å². The average Bonchev–Trinajstić information content (AvgIpc) is 2.31. The van der Waals surface area contributed by atoms with Gasteiger partial charge in [0.2, 0.25) is 0 Å². The molecule has 0 spiro atoms. The molecule has 0 aliphatic rings. The summed E-state index contributed by atoms with van der Waals surface area (Å²) in [5.74, 6) is -1.94. The topological polar surface area (TPSA) is 93.8 Å². The third-order valence-electron chi connectivity index (χ3n) is 2.06. The highest BCUT2D eigenvalue weighted by Crippen LogP contribution is 2.12. The van der Waals surface area contributed by atoms with Crippen LogP contribution in [-0.2, 0) is 9.53 Å². The first-order valence-corrected chi connectivity index (χ1v) is 5.27. The number of para-hydroxylation sites is 1.